The van der Waals surface area contributed by atoms with E-state index in [2.05, 4.69) is 42.0 Å². The van der Waals surface area contributed by atoms with Crippen LogP contribution in [0.2, 0.25) is 0 Å². The van der Waals surface area contributed by atoms with Gasteiger partial charge in [0.2, 0.25) is 10.0 Å². The fourth-order valence-electron chi connectivity index (χ4n) is 3.37. The molecular formula is C26H29BrN2O4S. The highest BCUT2D eigenvalue weighted by molar-refractivity contribution is 9.10. The van der Waals surface area contributed by atoms with Gasteiger partial charge < -0.3 is 10.1 Å². The van der Waals surface area contributed by atoms with Gasteiger partial charge in [0, 0.05) is 29.3 Å². The SMILES string of the molecule is CN(Cc1ccccc1)S(=O)(=O)c1ccc(NC(=O)COc2ccc(Br)cc2C(C)(C)C)cc1. The van der Waals surface area contributed by atoms with Crippen LogP contribution in [0.4, 0.5) is 5.69 Å². The van der Waals surface area contributed by atoms with Crippen LogP contribution >= 0.6 is 15.9 Å². The molecule has 0 radical (unpaired) electrons. The number of carbonyl (C=O) groups excluding carboxylic acids is 1. The molecule has 0 aromatic heterocycles. The van der Waals surface area contributed by atoms with E-state index in [1.54, 1.807) is 19.2 Å². The zero-order valence-corrected chi connectivity index (χ0v) is 22.1. The van der Waals surface area contributed by atoms with Crippen molar-refractivity contribution >= 4 is 37.5 Å². The molecule has 1 N–H and O–H groups in total. The molecule has 8 heteroatoms. The Morgan fingerprint density at radius 1 is 1.00 bits per heavy atom. The summed E-state index contributed by atoms with van der Waals surface area (Å²) in [5.74, 6) is 0.313. The van der Waals surface area contributed by atoms with E-state index in [9.17, 15) is 13.2 Å². The van der Waals surface area contributed by atoms with Crippen LogP contribution in [0, 0.1) is 0 Å². The van der Waals surface area contributed by atoms with Crippen LogP contribution in [0.25, 0.3) is 0 Å². The largest absolute Gasteiger partial charge is 0.483 e. The molecule has 0 unspecified atom stereocenters. The maximum absolute atomic E-state index is 12.9. The van der Waals surface area contributed by atoms with Crippen LogP contribution in [-0.2, 0) is 26.8 Å². The molecule has 3 aromatic carbocycles. The van der Waals surface area contributed by atoms with Crippen LogP contribution in [0.3, 0.4) is 0 Å². The Morgan fingerprint density at radius 2 is 1.65 bits per heavy atom. The Morgan fingerprint density at radius 3 is 2.26 bits per heavy atom. The Labute approximate surface area is 210 Å². The predicted molar refractivity (Wildman–Crippen MR) is 139 cm³/mol. The summed E-state index contributed by atoms with van der Waals surface area (Å²) in [7, 11) is -2.11. The lowest BCUT2D eigenvalue weighted by Gasteiger charge is -2.23. The first-order valence-corrected chi connectivity index (χ1v) is 13.0. The molecule has 0 aliphatic heterocycles. The summed E-state index contributed by atoms with van der Waals surface area (Å²) in [6.45, 7) is 6.34. The Hall–Kier alpha value is -2.68. The number of nitrogens with zero attached hydrogens (tertiary/aromatic N) is 1. The van der Waals surface area contributed by atoms with Crippen molar-refractivity contribution in [3.63, 3.8) is 0 Å². The number of ether oxygens (including phenoxy) is 1. The van der Waals surface area contributed by atoms with Crippen LogP contribution in [0.5, 0.6) is 5.75 Å². The average molecular weight is 545 g/mol. The van der Waals surface area contributed by atoms with Crippen LogP contribution in [0.15, 0.2) is 82.2 Å². The number of anilines is 1. The molecule has 0 aliphatic rings. The zero-order chi connectivity index (χ0) is 24.9. The number of rotatable bonds is 8. The topological polar surface area (TPSA) is 75.7 Å². The van der Waals surface area contributed by atoms with Crippen LogP contribution in [-0.4, -0.2) is 32.3 Å². The number of nitrogens with one attached hydrogen (secondary N) is 1. The minimum absolute atomic E-state index is 0.148. The van der Waals surface area contributed by atoms with Gasteiger partial charge in [-0.1, -0.05) is 67.0 Å². The van der Waals surface area contributed by atoms with Gasteiger partial charge in [-0.05, 0) is 53.4 Å². The number of benzene rings is 3. The summed E-state index contributed by atoms with van der Waals surface area (Å²) in [4.78, 5) is 12.6. The average Bonchev–Trinajstić information content (AvgIpc) is 2.78. The van der Waals surface area contributed by atoms with Crippen molar-refractivity contribution in [1.29, 1.82) is 0 Å². The van der Waals surface area contributed by atoms with Gasteiger partial charge in [-0.15, -0.1) is 0 Å². The molecule has 0 spiro atoms. The van der Waals surface area contributed by atoms with E-state index >= 15 is 0 Å². The normalized spacial score (nSPS) is 11.9. The fourth-order valence-corrected chi connectivity index (χ4v) is 4.89. The lowest BCUT2D eigenvalue weighted by molar-refractivity contribution is -0.118. The third-order valence-electron chi connectivity index (χ3n) is 5.20. The van der Waals surface area contributed by atoms with Crippen molar-refractivity contribution in [1.82, 2.24) is 4.31 Å². The van der Waals surface area contributed by atoms with Gasteiger partial charge in [0.15, 0.2) is 6.61 Å². The number of halogens is 1. The van der Waals surface area contributed by atoms with E-state index in [1.807, 2.05) is 48.5 Å². The number of sulfonamides is 1. The van der Waals surface area contributed by atoms with Crippen molar-refractivity contribution < 1.29 is 17.9 Å². The van der Waals surface area contributed by atoms with E-state index < -0.39 is 10.0 Å². The maximum Gasteiger partial charge on any atom is 0.262 e. The van der Waals surface area contributed by atoms with Crippen molar-refractivity contribution in [2.24, 2.45) is 0 Å². The van der Waals surface area contributed by atoms with Gasteiger partial charge in [0.1, 0.15) is 5.75 Å². The molecule has 1 amide bonds. The van der Waals surface area contributed by atoms with Gasteiger partial charge in [0.25, 0.3) is 5.91 Å². The molecule has 3 aromatic rings. The lowest BCUT2D eigenvalue weighted by atomic mass is 9.86. The minimum Gasteiger partial charge on any atom is -0.483 e. The molecular weight excluding hydrogens is 516 g/mol. The first-order valence-electron chi connectivity index (χ1n) is 10.8. The quantitative estimate of drug-likeness (QED) is 0.401. The summed E-state index contributed by atoms with van der Waals surface area (Å²) in [5, 5.41) is 2.75. The van der Waals surface area contributed by atoms with Crippen molar-refractivity contribution in [2.75, 3.05) is 19.0 Å². The molecule has 0 heterocycles. The van der Waals surface area contributed by atoms with Crippen LogP contribution < -0.4 is 10.1 Å². The second-order valence-corrected chi connectivity index (χ2v) is 12.0. The highest BCUT2D eigenvalue weighted by Crippen LogP contribution is 2.33. The third-order valence-corrected chi connectivity index (χ3v) is 7.51. The van der Waals surface area contributed by atoms with Crippen molar-refractivity contribution in [3.05, 3.63) is 88.4 Å². The number of carbonyl (C=O) groups is 1. The third kappa shape index (κ3) is 6.68. The molecule has 0 aliphatic carbocycles. The summed E-state index contributed by atoms with van der Waals surface area (Å²) >= 11 is 3.48. The second kappa shape index (κ2) is 10.7. The van der Waals surface area contributed by atoms with E-state index in [-0.39, 0.29) is 29.4 Å². The monoisotopic (exact) mass is 544 g/mol. The van der Waals surface area contributed by atoms with Gasteiger partial charge >= 0.3 is 0 Å². The van der Waals surface area contributed by atoms with E-state index in [1.165, 1.54) is 16.4 Å². The molecule has 0 fully saturated rings. The van der Waals surface area contributed by atoms with Crippen molar-refractivity contribution in [3.8, 4) is 5.75 Å². The van der Waals surface area contributed by atoms with E-state index in [0.717, 1.165) is 15.6 Å². The Bertz CT molecular complexity index is 1240. The van der Waals surface area contributed by atoms with Crippen LogP contribution in [0.1, 0.15) is 31.9 Å². The highest BCUT2D eigenvalue weighted by atomic mass is 79.9. The molecule has 0 saturated heterocycles. The minimum atomic E-state index is -3.66. The lowest BCUT2D eigenvalue weighted by Crippen LogP contribution is -2.26. The standard InChI is InChI=1S/C26H29BrN2O4S/c1-26(2,3)23-16-20(27)10-15-24(23)33-18-25(30)28-21-11-13-22(14-12-21)34(31,32)29(4)17-19-8-6-5-7-9-19/h5-16H,17-18H2,1-4H3,(H,28,30). The number of amides is 1. The second-order valence-electron chi connectivity index (χ2n) is 9.00. The summed E-state index contributed by atoms with van der Waals surface area (Å²) < 4.78 is 33.8. The van der Waals surface area contributed by atoms with Gasteiger partial charge in [0.05, 0.1) is 4.90 Å². The fraction of sp³-hybridized carbons (Fsp3) is 0.269. The molecule has 3 rings (SSSR count). The Kier molecular flexibility index (Phi) is 8.17. The molecule has 0 saturated carbocycles. The zero-order valence-electron chi connectivity index (χ0n) is 19.7. The molecule has 180 valence electrons. The molecule has 34 heavy (non-hydrogen) atoms. The van der Waals surface area contributed by atoms with Crippen molar-refractivity contribution in [2.45, 2.75) is 37.6 Å². The van der Waals surface area contributed by atoms with Gasteiger partial charge in [-0.3, -0.25) is 4.79 Å². The number of hydrogen-bond donors (Lipinski definition) is 1. The predicted octanol–water partition coefficient (Wildman–Crippen LogP) is 5.58. The van der Waals surface area contributed by atoms with E-state index in [4.69, 9.17) is 4.74 Å². The summed E-state index contributed by atoms with van der Waals surface area (Å²) in [5.41, 5.74) is 2.23. The molecule has 0 atom stereocenters. The van der Waals surface area contributed by atoms with E-state index in [0.29, 0.717) is 11.4 Å². The molecule has 6 nitrogen and oxygen atoms in total. The summed E-state index contributed by atoms with van der Waals surface area (Å²) in [6.07, 6.45) is 0. The molecule has 0 bridgehead atoms. The maximum atomic E-state index is 12.9. The first kappa shape index (κ1) is 25.9. The smallest absolute Gasteiger partial charge is 0.262 e. The van der Waals surface area contributed by atoms with Gasteiger partial charge in [-0.2, -0.15) is 4.31 Å². The highest BCUT2D eigenvalue weighted by Gasteiger charge is 2.22. The Balaban J connectivity index is 1.62. The number of hydrogen-bond acceptors (Lipinski definition) is 4. The van der Waals surface area contributed by atoms with Gasteiger partial charge in [-0.25, -0.2) is 8.42 Å². The first-order chi connectivity index (χ1) is 16.0. The summed E-state index contributed by atoms with van der Waals surface area (Å²) in [6, 6.07) is 21.2.